The Bertz CT molecular complexity index is 2170. The van der Waals surface area contributed by atoms with Gasteiger partial charge in [0.05, 0.1) is 38.7 Å². The fourth-order valence-corrected chi connectivity index (χ4v) is 9.64. The van der Waals surface area contributed by atoms with Crippen LogP contribution < -0.4 is 15.4 Å². The maximum atomic E-state index is 17.1. The van der Waals surface area contributed by atoms with Gasteiger partial charge in [0.2, 0.25) is 5.91 Å². The third-order valence-electron chi connectivity index (χ3n) is 11.2. The molecular formula is C36H35ClF2N8O2S. The number of nitrogens with two attached hydrogens (primary N) is 1. The Kier molecular flexibility index (Phi) is 8.01. The van der Waals surface area contributed by atoms with Crippen LogP contribution in [-0.4, -0.2) is 76.6 Å². The normalized spacial score (nSPS) is 25.5. The second-order valence-electron chi connectivity index (χ2n) is 14.1. The largest absolute Gasteiger partial charge is 0.459 e. The molecule has 2 aromatic carbocycles. The molecule has 3 saturated heterocycles. The second-order valence-corrected chi connectivity index (χ2v) is 15.6. The number of nitrogen functional groups attached to an aromatic ring is 1. The third kappa shape index (κ3) is 5.12. The van der Waals surface area contributed by atoms with Gasteiger partial charge >= 0.3 is 6.01 Å². The summed E-state index contributed by atoms with van der Waals surface area (Å²) in [6.45, 7) is 4.64. The average Bonchev–Trinajstić information content (AvgIpc) is 3.64. The zero-order valence-electron chi connectivity index (χ0n) is 27.7. The lowest BCUT2D eigenvalue weighted by atomic mass is 9.77. The van der Waals surface area contributed by atoms with E-state index < -0.39 is 17.2 Å². The van der Waals surface area contributed by atoms with E-state index in [1.54, 1.807) is 6.07 Å². The monoisotopic (exact) mass is 716 g/mol. The number of anilines is 2. The molecule has 3 aliphatic heterocycles. The summed E-state index contributed by atoms with van der Waals surface area (Å²) < 4.78 is 38.6. The van der Waals surface area contributed by atoms with Crippen LogP contribution in [0.2, 0.25) is 5.02 Å². The molecule has 2 unspecified atom stereocenters. The predicted molar refractivity (Wildman–Crippen MR) is 188 cm³/mol. The number of carbonyl (C=O) groups is 1. The Balaban J connectivity index is 1.25. The number of benzene rings is 2. The molecule has 0 radical (unpaired) electrons. The molecule has 8 rings (SSSR count). The number of piperidine rings is 1. The minimum atomic E-state index is -0.753. The Morgan fingerprint density at radius 1 is 1.20 bits per heavy atom. The highest BCUT2D eigenvalue weighted by Crippen LogP contribution is 2.49. The highest BCUT2D eigenvalue weighted by atomic mass is 35.5. The van der Waals surface area contributed by atoms with E-state index in [4.69, 9.17) is 27.1 Å². The van der Waals surface area contributed by atoms with Gasteiger partial charge in [0.1, 0.15) is 34.3 Å². The number of carbonyl (C=O) groups excluding carboxylic acids is 1. The summed E-state index contributed by atoms with van der Waals surface area (Å²) in [5, 5.41) is 20.0. The number of aromatic nitrogens is 2. The fraction of sp³-hybridized carbons (Fsp3) is 0.472. The van der Waals surface area contributed by atoms with Gasteiger partial charge in [0.25, 0.3) is 0 Å². The van der Waals surface area contributed by atoms with Crippen LogP contribution in [-0.2, 0) is 4.79 Å². The summed E-state index contributed by atoms with van der Waals surface area (Å²) in [6, 6.07) is 8.67. The quantitative estimate of drug-likeness (QED) is 0.238. The molecule has 4 aromatic rings. The fourth-order valence-electron chi connectivity index (χ4n) is 8.40. The van der Waals surface area contributed by atoms with Crippen molar-refractivity contribution in [2.24, 2.45) is 11.8 Å². The van der Waals surface area contributed by atoms with Crippen molar-refractivity contribution in [3.8, 4) is 29.3 Å². The lowest BCUT2D eigenvalue weighted by molar-refractivity contribution is -0.150. The Hall–Kier alpha value is -4.30. The molecule has 14 heteroatoms. The summed E-state index contributed by atoms with van der Waals surface area (Å²) in [6.07, 6.45) is 4.73. The standard InChI is InChI=1S/C36H35ClF2N8O2S/c1-18(26-5-3-10-45(26)2)49-35-43-30-22(14-24(37)28(29(30)39)20-6-7-25(38)31-27(20)23(16-41)32(42)50-31)33(44-35)46-11-4-8-36(17-46)9-12-47(36)34(48)21-13-19(21)15-40/h6-7,14,18-19,21,26H,3-5,8-13,17,42H2,1-2H3/t18?,19-,21+,26-,36?/m0/s1. The molecule has 10 nitrogen and oxygen atoms in total. The van der Waals surface area contributed by atoms with E-state index in [0.717, 1.165) is 50.0 Å². The van der Waals surface area contributed by atoms with Crippen LogP contribution in [0.5, 0.6) is 6.01 Å². The van der Waals surface area contributed by atoms with Gasteiger partial charge < -0.3 is 20.3 Å². The van der Waals surface area contributed by atoms with Gasteiger partial charge in [-0.1, -0.05) is 17.7 Å². The number of amides is 1. The van der Waals surface area contributed by atoms with Crippen molar-refractivity contribution < 1.29 is 18.3 Å². The van der Waals surface area contributed by atoms with Gasteiger partial charge in [0, 0.05) is 42.0 Å². The predicted octanol–water partition coefficient (Wildman–Crippen LogP) is 6.49. The minimum absolute atomic E-state index is 0.0187. The summed E-state index contributed by atoms with van der Waals surface area (Å²) in [5.41, 5.74) is 5.92. The first-order valence-electron chi connectivity index (χ1n) is 17.0. The number of fused-ring (bicyclic) bond motifs is 2. The van der Waals surface area contributed by atoms with E-state index in [-0.39, 0.29) is 78.2 Å². The van der Waals surface area contributed by atoms with Crippen LogP contribution >= 0.6 is 22.9 Å². The average molecular weight is 717 g/mol. The molecule has 5 atom stereocenters. The summed E-state index contributed by atoms with van der Waals surface area (Å²) in [5.74, 6) is -1.30. The third-order valence-corrected chi connectivity index (χ3v) is 12.5. The molecule has 2 N–H and O–H groups in total. The second kappa shape index (κ2) is 12.2. The van der Waals surface area contributed by atoms with E-state index in [0.29, 0.717) is 37.3 Å². The van der Waals surface area contributed by atoms with Crippen molar-refractivity contribution in [2.75, 3.05) is 43.9 Å². The highest BCUT2D eigenvalue weighted by molar-refractivity contribution is 7.23. The number of nitriles is 2. The summed E-state index contributed by atoms with van der Waals surface area (Å²) >= 11 is 7.84. The molecule has 5 heterocycles. The lowest BCUT2D eigenvalue weighted by Gasteiger charge is -2.57. The molecule has 2 aromatic heterocycles. The number of hydrogen-bond acceptors (Lipinski definition) is 10. The Morgan fingerprint density at radius 3 is 2.70 bits per heavy atom. The van der Waals surface area contributed by atoms with Crippen LogP contribution in [0.25, 0.3) is 32.1 Å². The molecule has 1 spiro atoms. The molecule has 1 saturated carbocycles. The first kappa shape index (κ1) is 32.9. The van der Waals surface area contributed by atoms with Gasteiger partial charge in [-0.25, -0.2) is 8.78 Å². The number of thiophene rings is 1. The number of likely N-dealkylation sites (N-methyl/N-ethyl adjacent to an activating group) is 1. The zero-order chi connectivity index (χ0) is 35.1. The van der Waals surface area contributed by atoms with Crippen LogP contribution in [0.15, 0.2) is 18.2 Å². The minimum Gasteiger partial charge on any atom is -0.459 e. The van der Waals surface area contributed by atoms with Crippen molar-refractivity contribution in [2.45, 2.75) is 63.1 Å². The van der Waals surface area contributed by atoms with Crippen molar-refractivity contribution >= 4 is 60.7 Å². The first-order chi connectivity index (χ1) is 24.0. The van der Waals surface area contributed by atoms with Gasteiger partial charge in [-0.15, -0.1) is 11.3 Å². The van der Waals surface area contributed by atoms with Gasteiger partial charge in [0.15, 0.2) is 5.82 Å². The van der Waals surface area contributed by atoms with Crippen LogP contribution in [0.4, 0.5) is 19.6 Å². The van der Waals surface area contributed by atoms with Gasteiger partial charge in [-0.05, 0) is 76.7 Å². The number of ether oxygens (including phenoxy) is 1. The number of hydrogen-bond donors (Lipinski definition) is 1. The molecule has 1 amide bonds. The van der Waals surface area contributed by atoms with Crippen molar-refractivity contribution in [1.82, 2.24) is 19.8 Å². The number of rotatable bonds is 6. The summed E-state index contributed by atoms with van der Waals surface area (Å²) in [7, 11) is 2.05. The molecule has 4 fully saturated rings. The summed E-state index contributed by atoms with van der Waals surface area (Å²) in [4.78, 5) is 29.2. The van der Waals surface area contributed by atoms with Crippen molar-refractivity contribution in [3.63, 3.8) is 0 Å². The van der Waals surface area contributed by atoms with E-state index >= 15 is 4.39 Å². The molecule has 0 bridgehead atoms. The molecule has 50 heavy (non-hydrogen) atoms. The maximum absolute atomic E-state index is 17.1. The number of likely N-dealkylation sites (tertiary alicyclic amines) is 2. The van der Waals surface area contributed by atoms with Gasteiger partial charge in [-0.2, -0.15) is 20.5 Å². The smallest absolute Gasteiger partial charge is 0.319 e. The topological polar surface area (TPSA) is 135 Å². The van der Waals surface area contributed by atoms with E-state index in [1.807, 2.05) is 24.9 Å². The molecule has 1 aliphatic carbocycles. The van der Waals surface area contributed by atoms with Crippen LogP contribution in [0, 0.1) is 46.1 Å². The number of halogens is 3. The Morgan fingerprint density at radius 2 is 2.02 bits per heavy atom. The number of nitrogens with zero attached hydrogens (tertiary/aromatic N) is 7. The SMILES string of the molecule is CC(Oc1nc(N2CCCC3(CCN3C(=O)[C@@H]3C[C@H]3C#N)C2)c2cc(Cl)c(-c3ccc(F)c4sc(N)c(C#N)c34)c(F)c2n1)[C@@H]1CCCN1C. The van der Waals surface area contributed by atoms with Crippen LogP contribution in [0.1, 0.15) is 51.0 Å². The molecule has 4 aliphatic rings. The van der Waals surface area contributed by atoms with Gasteiger partial charge in [-0.3, -0.25) is 9.69 Å². The van der Waals surface area contributed by atoms with E-state index in [1.165, 1.54) is 12.1 Å². The first-order valence-corrected chi connectivity index (χ1v) is 18.2. The molecule has 258 valence electrons. The lowest BCUT2D eigenvalue weighted by Crippen LogP contribution is -2.69. The molecular weight excluding hydrogens is 682 g/mol. The van der Waals surface area contributed by atoms with Crippen molar-refractivity contribution in [1.29, 1.82) is 10.5 Å². The van der Waals surface area contributed by atoms with Crippen molar-refractivity contribution in [3.05, 3.63) is 40.4 Å². The van der Waals surface area contributed by atoms with E-state index in [2.05, 4.69) is 20.9 Å². The zero-order valence-corrected chi connectivity index (χ0v) is 29.3. The highest BCUT2D eigenvalue weighted by Gasteiger charge is 2.55. The van der Waals surface area contributed by atoms with Crippen LogP contribution in [0.3, 0.4) is 0 Å². The Labute approximate surface area is 297 Å². The van der Waals surface area contributed by atoms with E-state index in [9.17, 15) is 19.7 Å². The maximum Gasteiger partial charge on any atom is 0.319 e.